The molecule has 1 aromatic rings. The topological polar surface area (TPSA) is 83.6 Å². The van der Waals surface area contributed by atoms with E-state index in [1.54, 1.807) is 0 Å². The number of benzene rings is 1. The van der Waals surface area contributed by atoms with E-state index in [1.807, 2.05) is 0 Å². The first-order valence-corrected chi connectivity index (χ1v) is 6.72. The Morgan fingerprint density at radius 3 is 2.50 bits per heavy atom. The quantitative estimate of drug-likeness (QED) is 0.797. The molecule has 0 atom stereocenters. The van der Waals surface area contributed by atoms with Gasteiger partial charge in [0.25, 0.3) is 0 Å². The Kier molecular flexibility index (Phi) is 3.99. The molecule has 0 saturated heterocycles. The molecule has 0 aromatic heterocycles. The maximum absolute atomic E-state index is 13.3. The van der Waals surface area contributed by atoms with E-state index in [0.717, 1.165) is 10.4 Å². The molecule has 7 heteroatoms. The first-order chi connectivity index (χ1) is 8.05. The average molecular weight is 276 g/mol. The van der Waals surface area contributed by atoms with Crippen LogP contribution in [0.2, 0.25) is 0 Å². The van der Waals surface area contributed by atoms with Crippen molar-refractivity contribution in [2.45, 2.75) is 24.3 Å². The lowest BCUT2D eigenvalue weighted by Gasteiger charge is -2.25. The predicted molar refractivity (Wildman–Crippen MR) is 66.9 cm³/mol. The van der Waals surface area contributed by atoms with E-state index in [9.17, 15) is 17.9 Å². The highest BCUT2D eigenvalue weighted by Crippen LogP contribution is 2.24. The Morgan fingerprint density at radius 2 is 2.00 bits per heavy atom. The molecule has 18 heavy (non-hydrogen) atoms. The fraction of sp³-hybridized carbons (Fsp3) is 0.455. The van der Waals surface area contributed by atoms with Gasteiger partial charge in [-0.1, -0.05) is 6.07 Å². The molecule has 0 aliphatic rings. The molecule has 1 aromatic carbocycles. The van der Waals surface area contributed by atoms with E-state index in [1.165, 1.54) is 33.0 Å². The molecule has 0 spiro atoms. The summed E-state index contributed by atoms with van der Waals surface area (Å²) in [6, 6.07) is 3.59. The van der Waals surface area contributed by atoms with Crippen LogP contribution in [0.25, 0.3) is 0 Å². The molecule has 0 radical (unpaired) electrons. The predicted octanol–water partition coefficient (Wildman–Crippen LogP) is 0.799. The van der Waals surface area contributed by atoms with Gasteiger partial charge in [-0.05, 0) is 26.0 Å². The first-order valence-electron chi connectivity index (χ1n) is 5.28. The van der Waals surface area contributed by atoms with Crippen molar-refractivity contribution in [2.75, 3.05) is 19.3 Å². The molecule has 0 aliphatic carbocycles. The summed E-state index contributed by atoms with van der Waals surface area (Å²) in [7, 11) is -2.61. The van der Waals surface area contributed by atoms with E-state index in [0.29, 0.717) is 0 Å². The monoisotopic (exact) mass is 276 g/mol. The van der Waals surface area contributed by atoms with Crippen molar-refractivity contribution >= 4 is 15.7 Å². The smallest absolute Gasteiger partial charge is 0.245 e. The lowest BCUT2D eigenvalue weighted by Crippen LogP contribution is -2.39. The standard InChI is InChI=1S/C11H17FN2O3S/c1-11(2,15)7-14(3)18(16,17)9-6-4-5-8(12)10(9)13/h4-6,15H,7,13H2,1-3H3. The number of nitrogens with zero attached hydrogens (tertiary/aromatic N) is 1. The summed E-state index contributed by atoms with van der Waals surface area (Å²) < 4.78 is 38.5. The van der Waals surface area contributed by atoms with Crippen molar-refractivity contribution in [2.24, 2.45) is 0 Å². The van der Waals surface area contributed by atoms with Gasteiger partial charge in [0.15, 0.2) is 0 Å². The molecular weight excluding hydrogens is 259 g/mol. The molecular formula is C11H17FN2O3S. The van der Waals surface area contributed by atoms with E-state index in [4.69, 9.17) is 5.73 Å². The van der Waals surface area contributed by atoms with Gasteiger partial charge < -0.3 is 10.8 Å². The second kappa shape index (κ2) is 4.83. The highest BCUT2D eigenvalue weighted by atomic mass is 32.2. The van der Waals surface area contributed by atoms with Crippen LogP contribution >= 0.6 is 0 Å². The van der Waals surface area contributed by atoms with Crippen molar-refractivity contribution < 1.29 is 17.9 Å². The summed E-state index contributed by atoms with van der Waals surface area (Å²) in [5.74, 6) is -0.785. The van der Waals surface area contributed by atoms with Crippen molar-refractivity contribution in [1.82, 2.24) is 4.31 Å². The third kappa shape index (κ3) is 3.18. The van der Waals surface area contributed by atoms with Crippen molar-refractivity contribution in [1.29, 1.82) is 0 Å². The second-order valence-corrected chi connectivity index (χ2v) is 6.74. The molecule has 0 saturated carbocycles. The van der Waals surface area contributed by atoms with Crippen molar-refractivity contribution in [3.05, 3.63) is 24.0 Å². The zero-order chi connectivity index (χ0) is 14.1. The molecule has 0 amide bonds. The number of nitrogens with two attached hydrogens (primary N) is 1. The van der Waals surface area contributed by atoms with E-state index >= 15 is 0 Å². The highest BCUT2D eigenvalue weighted by molar-refractivity contribution is 7.89. The minimum atomic E-state index is -3.92. The van der Waals surface area contributed by atoms with Gasteiger partial charge in [-0.15, -0.1) is 0 Å². The Morgan fingerprint density at radius 1 is 1.44 bits per heavy atom. The minimum absolute atomic E-state index is 0.120. The van der Waals surface area contributed by atoms with Gasteiger partial charge in [0.2, 0.25) is 10.0 Å². The van der Waals surface area contributed by atoms with Crippen LogP contribution < -0.4 is 5.73 Å². The Bertz CT molecular complexity index is 538. The summed E-state index contributed by atoms with van der Waals surface area (Å²) in [5.41, 5.74) is 3.82. The number of aliphatic hydroxyl groups is 1. The number of nitrogen functional groups attached to an aromatic ring is 1. The van der Waals surface area contributed by atoms with Gasteiger partial charge in [-0.25, -0.2) is 12.8 Å². The van der Waals surface area contributed by atoms with Crippen LogP contribution in [0.3, 0.4) is 0 Å². The molecule has 1 rings (SSSR count). The minimum Gasteiger partial charge on any atom is -0.395 e. The van der Waals surface area contributed by atoms with Gasteiger partial charge in [0.05, 0.1) is 11.3 Å². The zero-order valence-corrected chi connectivity index (χ0v) is 11.3. The molecule has 5 nitrogen and oxygen atoms in total. The number of likely N-dealkylation sites (N-methyl/N-ethyl adjacent to an activating group) is 1. The number of hydrogen-bond donors (Lipinski definition) is 2. The number of para-hydroxylation sites is 1. The molecule has 0 fully saturated rings. The number of hydrogen-bond acceptors (Lipinski definition) is 4. The third-order valence-electron chi connectivity index (χ3n) is 2.31. The van der Waals surface area contributed by atoms with Crippen LogP contribution in [-0.4, -0.2) is 37.0 Å². The van der Waals surface area contributed by atoms with Gasteiger partial charge >= 0.3 is 0 Å². The molecule has 102 valence electrons. The molecule has 3 N–H and O–H groups in total. The summed E-state index contributed by atoms with van der Waals surface area (Å²) in [6.07, 6.45) is 0. The number of sulfonamides is 1. The lowest BCUT2D eigenvalue weighted by atomic mass is 10.1. The van der Waals surface area contributed by atoms with Gasteiger partial charge in [-0.3, -0.25) is 0 Å². The number of rotatable bonds is 4. The average Bonchev–Trinajstić information content (AvgIpc) is 2.19. The van der Waals surface area contributed by atoms with Crippen LogP contribution in [0.1, 0.15) is 13.8 Å². The molecule has 0 unspecified atom stereocenters. The van der Waals surface area contributed by atoms with E-state index < -0.39 is 27.1 Å². The fourth-order valence-corrected chi connectivity index (χ4v) is 2.99. The zero-order valence-electron chi connectivity index (χ0n) is 10.5. The Hall–Kier alpha value is -1.18. The van der Waals surface area contributed by atoms with E-state index in [2.05, 4.69) is 0 Å². The summed E-state index contributed by atoms with van der Waals surface area (Å²) in [4.78, 5) is -0.297. The van der Waals surface area contributed by atoms with Gasteiger partial charge in [-0.2, -0.15) is 4.31 Å². The lowest BCUT2D eigenvalue weighted by molar-refractivity contribution is 0.0640. The summed E-state index contributed by atoms with van der Waals surface area (Å²) >= 11 is 0. The second-order valence-electron chi connectivity index (χ2n) is 4.73. The van der Waals surface area contributed by atoms with Crippen LogP contribution in [0.15, 0.2) is 23.1 Å². The fourth-order valence-electron chi connectivity index (χ4n) is 1.54. The van der Waals surface area contributed by atoms with Gasteiger partial charge in [0, 0.05) is 13.6 Å². The van der Waals surface area contributed by atoms with Crippen LogP contribution in [0.4, 0.5) is 10.1 Å². The largest absolute Gasteiger partial charge is 0.395 e. The van der Waals surface area contributed by atoms with Gasteiger partial charge in [0.1, 0.15) is 10.7 Å². The Balaban J connectivity index is 3.18. The third-order valence-corrected chi connectivity index (χ3v) is 4.17. The normalized spacial score (nSPS) is 13.0. The molecule has 0 aliphatic heterocycles. The van der Waals surface area contributed by atoms with Crippen LogP contribution in [0.5, 0.6) is 0 Å². The van der Waals surface area contributed by atoms with Crippen molar-refractivity contribution in [3.8, 4) is 0 Å². The SMILES string of the molecule is CN(CC(C)(C)O)S(=O)(=O)c1cccc(F)c1N. The number of anilines is 1. The van der Waals surface area contributed by atoms with Crippen molar-refractivity contribution in [3.63, 3.8) is 0 Å². The number of halogens is 1. The summed E-state index contributed by atoms with van der Waals surface area (Å²) in [6.45, 7) is 2.84. The van der Waals surface area contributed by atoms with E-state index in [-0.39, 0.29) is 11.4 Å². The highest BCUT2D eigenvalue weighted by Gasteiger charge is 2.28. The molecule has 0 bridgehead atoms. The maximum Gasteiger partial charge on any atom is 0.245 e. The van der Waals surface area contributed by atoms with Crippen LogP contribution in [-0.2, 0) is 10.0 Å². The maximum atomic E-state index is 13.3. The summed E-state index contributed by atoms with van der Waals surface area (Å²) in [5, 5.41) is 9.61. The first kappa shape index (κ1) is 14.9. The molecule has 0 heterocycles. The van der Waals surface area contributed by atoms with Crippen LogP contribution in [0, 0.1) is 5.82 Å². The Labute approximate surface area is 106 Å².